The van der Waals surface area contributed by atoms with Crippen molar-refractivity contribution in [2.45, 2.75) is 13.8 Å². The van der Waals surface area contributed by atoms with Crippen LogP contribution >= 0.6 is 0 Å². The first kappa shape index (κ1) is 16.8. The van der Waals surface area contributed by atoms with Crippen molar-refractivity contribution >= 4 is 23.1 Å². The second-order valence-electron chi connectivity index (χ2n) is 5.79. The fourth-order valence-corrected chi connectivity index (χ4v) is 2.80. The number of allylic oxidation sites excluding steroid dienone is 3. The van der Waals surface area contributed by atoms with Crippen molar-refractivity contribution in [2.75, 3.05) is 30.0 Å². The Balaban J connectivity index is 1.86. The van der Waals surface area contributed by atoms with Gasteiger partial charge in [-0.3, -0.25) is 14.8 Å². The number of anilines is 2. The summed E-state index contributed by atoms with van der Waals surface area (Å²) in [4.78, 5) is 23.4. The molecule has 0 fully saturated rings. The van der Waals surface area contributed by atoms with Crippen molar-refractivity contribution < 1.29 is 14.3 Å². The van der Waals surface area contributed by atoms with Gasteiger partial charge < -0.3 is 10.1 Å². The second kappa shape index (κ2) is 7.25. The molecule has 6 heteroatoms. The van der Waals surface area contributed by atoms with Gasteiger partial charge in [-0.25, -0.2) is 4.79 Å². The first-order chi connectivity index (χ1) is 12.1. The number of nitrogens with zero attached hydrogens (tertiary/aromatic N) is 2. The molecule has 0 radical (unpaired) electrons. The predicted molar refractivity (Wildman–Crippen MR) is 96.7 cm³/mol. The van der Waals surface area contributed by atoms with E-state index in [1.54, 1.807) is 13.8 Å². The molecule has 0 atom stereocenters. The Bertz CT molecular complexity index is 780. The smallest absolute Gasteiger partial charge is 0.338 e. The predicted octanol–water partition coefficient (Wildman–Crippen LogP) is 2.63. The van der Waals surface area contributed by atoms with Crippen molar-refractivity contribution in [2.24, 2.45) is 0 Å². The largest absolute Gasteiger partial charge is 0.463 e. The van der Waals surface area contributed by atoms with Crippen LogP contribution in [-0.2, 0) is 14.3 Å². The highest BCUT2D eigenvalue weighted by molar-refractivity contribution is 5.92. The highest BCUT2D eigenvalue weighted by atomic mass is 16.5. The minimum atomic E-state index is -0.296. The van der Waals surface area contributed by atoms with E-state index in [9.17, 15) is 9.59 Å². The molecule has 1 aromatic rings. The Morgan fingerprint density at radius 1 is 1.28 bits per heavy atom. The summed E-state index contributed by atoms with van der Waals surface area (Å²) in [5.41, 5.74) is 3.23. The lowest BCUT2D eigenvalue weighted by Crippen LogP contribution is -2.34. The normalized spacial score (nSPS) is 15.4. The van der Waals surface area contributed by atoms with Gasteiger partial charge in [0, 0.05) is 11.9 Å². The molecule has 0 bridgehead atoms. The molecule has 0 unspecified atom stereocenters. The molecule has 25 heavy (non-hydrogen) atoms. The highest BCUT2D eigenvalue weighted by Crippen LogP contribution is 2.33. The molecule has 6 nitrogen and oxygen atoms in total. The van der Waals surface area contributed by atoms with Gasteiger partial charge in [0.05, 0.1) is 36.7 Å². The Hall–Kier alpha value is -3.02. The number of benzene rings is 1. The molecule has 130 valence electrons. The van der Waals surface area contributed by atoms with E-state index in [-0.39, 0.29) is 18.3 Å². The van der Waals surface area contributed by atoms with Crippen LogP contribution in [0.5, 0.6) is 0 Å². The number of ketones is 1. The van der Waals surface area contributed by atoms with Gasteiger partial charge in [-0.05, 0) is 44.2 Å². The SMILES string of the molecule is CCOC(=O)C1=C2C=CC=CN2N(c2cccc(NCC(C)=O)c2)C1. The summed E-state index contributed by atoms with van der Waals surface area (Å²) in [7, 11) is 0. The van der Waals surface area contributed by atoms with E-state index in [0.717, 1.165) is 17.1 Å². The lowest BCUT2D eigenvalue weighted by Gasteiger charge is -2.31. The zero-order valence-corrected chi connectivity index (χ0v) is 14.4. The quantitative estimate of drug-likeness (QED) is 0.804. The number of hydrogen-bond acceptors (Lipinski definition) is 6. The van der Waals surface area contributed by atoms with Gasteiger partial charge >= 0.3 is 5.97 Å². The van der Waals surface area contributed by atoms with Crippen LogP contribution in [-0.4, -0.2) is 36.5 Å². The fraction of sp³-hybridized carbons (Fsp3) is 0.263. The molecule has 0 aromatic heterocycles. The van der Waals surface area contributed by atoms with Crippen LogP contribution in [0.15, 0.2) is 60.0 Å². The third kappa shape index (κ3) is 3.57. The molecule has 0 amide bonds. The van der Waals surface area contributed by atoms with Gasteiger partial charge in [0.1, 0.15) is 5.78 Å². The fourth-order valence-electron chi connectivity index (χ4n) is 2.80. The molecule has 2 heterocycles. The Kier molecular flexibility index (Phi) is 4.88. The number of Topliss-reactive ketones (excluding diaryl/α,β-unsaturated/α-hetero) is 1. The van der Waals surface area contributed by atoms with E-state index >= 15 is 0 Å². The average Bonchev–Trinajstić information content (AvgIpc) is 3.00. The summed E-state index contributed by atoms with van der Waals surface area (Å²) >= 11 is 0. The molecule has 0 spiro atoms. The maximum Gasteiger partial charge on any atom is 0.338 e. The Morgan fingerprint density at radius 2 is 2.12 bits per heavy atom. The van der Waals surface area contributed by atoms with Gasteiger partial charge in [0.15, 0.2) is 0 Å². The third-order valence-corrected chi connectivity index (χ3v) is 3.92. The topological polar surface area (TPSA) is 61.9 Å². The van der Waals surface area contributed by atoms with Gasteiger partial charge in [0.2, 0.25) is 0 Å². The van der Waals surface area contributed by atoms with Crippen molar-refractivity contribution in [1.29, 1.82) is 0 Å². The lowest BCUT2D eigenvalue weighted by molar-refractivity contribution is -0.138. The number of fused-ring (bicyclic) bond motifs is 1. The van der Waals surface area contributed by atoms with E-state index in [2.05, 4.69) is 5.32 Å². The summed E-state index contributed by atoms with van der Waals surface area (Å²) in [6, 6.07) is 7.76. The van der Waals surface area contributed by atoms with Crippen LogP contribution in [0.3, 0.4) is 0 Å². The minimum Gasteiger partial charge on any atom is -0.463 e. The summed E-state index contributed by atoms with van der Waals surface area (Å²) in [5, 5.41) is 7.04. The van der Waals surface area contributed by atoms with Gasteiger partial charge in [-0.1, -0.05) is 12.1 Å². The van der Waals surface area contributed by atoms with Crippen molar-refractivity contribution in [1.82, 2.24) is 5.01 Å². The molecule has 0 saturated heterocycles. The van der Waals surface area contributed by atoms with Gasteiger partial charge in [-0.2, -0.15) is 0 Å². The molecule has 1 N–H and O–H groups in total. The lowest BCUT2D eigenvalue weighted by atomic mass is 10.2. The summed E-state index contributed by atoms with van der Waals surface area (Å²) < 4.78 is 5.19. The molecule has 2 aliphatic heterocycles. The summed E-state index contributed by atoms with van der Waals surface area (Å²) in [6.45, 7) is 4.41. The highest BCUT2D eigenvalue weighted by Gasteiger charge is 2.33. The summed E-state index contributed by atoms with van der Waals surface area (Å²) in [5.74, 6) is -0.222. The number of carbonyl (C=O) groups is 2. The van der Waals surface area contributed by atoms with Crippen LogP contribution in [0.1, 0.15) is 13.8 Å². The Morgan fingerprint density at radius 3 is 2.88 bits per heavy atom. The second-order valence-corrected chi connectivity index (χ2v) is 5.79. The number of hydrazine groups is 1. The molecular formula is C19H21N3O3. The van der Waals surface area contributed by atoms with Crippen molar-refractivity contribution in [3.63, 3.8) is 0 Å². The molecule has 0 aliphatic carbocycles. The van der Waals surface area contributed by atoms with Crippen LogP contribution in [0.4, 0.5) is 11.4 Å². The zero-order valence-electron chi connectivity index (χ0n) is 14.4. The van der Waals surface area contributed by atoms with E-state index < -0.39 is 0 Å². The molecule has 2 aliphatic rings. The summed E-state index contributed by atoms with van der Waals surface area (Å²) in [6.07, 6.45) is 7.64. The number of ether oxygens (including phenoxy) is 1. The maximum absolute atomic E-state index is 12.3. The van der Waals surface area contributed by atoms with Crippen molar-refractivity contribution in [3.05, 3.63) is 60.0 Å². The van der Waals surface area contributed by atoms with Crippen LogP contribution in [0, 0.1) is 0 Å². The average molecular weight is 339 g/mol. The zero-order chi connectivity index (χ0) is 17.8. The number of hydrogen-bond donors (Lipinski definition) is 1. The number of carbonyl (C=O) groups excluding carboxylic acids is 2. The number of rotatable bonds is 6. The van der Waals surface area contributed by atoms with E-state index in [4.69, 9.17) is 4.74 Å². The van der Waals surface area contributed by atoms with Crippen molar-refractivity contribution in [3.8, 4) is 0 Å². The maximum atomic E-state index is 12.3. The van der Waals surface area contributed by atoms with Crippen LogP contribution in [0.25, 0.3) is 0 Å². The first-order valence-electron chi connectivity index (χ1n) is 8.25. The van der Waals surface area contributed by atoms with Gasteiger partial charge in [0.25, 0.3) is 0 Å². The van der Waals surface area contributed by atoms with E-state index in [1.807, 2.05) is 58.7 Å². The first-order valence-corrected chi connectivity index (χ1v) is 8.25. The van der Waals surface area contributed by atoms with E-state index in [1.165, 1.54) is 0 Å². The number of nitrogens with one attached hydrogen (secondary N) is 1. The molecule has 1 aromatic carbocycles. The molecule has 3 rings (SSSR count). The molecular weight excluding hydrogens is 318 g/mol. The van der Waals surface area contributed by atoms with E-state index in [0.29, 0.717) is 18.7 Å². The third-order valence-electron chi connectivity index (χ3n) is 3.92. The van der Waals surface area contributed by atoms with Gasteiger partial charge in [-0.15, -0.1) is 0 Å². The Labute approximate surface area is 147 Å². The van der Waals surface area contributed by atoms with Crippen LogP contribution in [0.2, 0.25) is 0 Å². The minimum absolute atomic E-state index is 0.0734. The van der Waals surface area contributed by atoms with Crippen LogP contribution < -0.4 is 10.3 Å². The standard InChI is InChI=1S/C19H21N3O3/c1-3-25-19(24)17-13-22(21-10-5-4-9-18(17)21)16-8-6-7-15(11-16)20-12-14(2)23/h4-11,20H,3,12-13H2,1-2H3. The number of esters is 1. The molecule has 0 saturated carbocycles. The monoisotopic (exact) mass is 339 g/mol.